The van der Waals surface area contributed by atoms with Crippen molar-refractivity contribution >= 4 is 32.9 Å². The number of methoxy groups -OCH3 is 2. The molecule has 0 aliphatic carbocycles. The summed E-state index contributed by atoms with van der Waals surface area (Å²) in [5, 5.41) is 10.4. The monoisotopic (exact) mass is 435 g/mol. The predicted octanol–water partition coefficient (Wildman–Crippen LogP) is 2.79. The zero-order valence-electron chi connectivity index (χ0n) is 15.5. The molecule has 1 atom stereocenters. The number of aliphatic hydroxyl groups is 1. The maximum atomic E-state index is 11.9. The van der Waals surface area contributed by atoms with E-state index in [0.29, 0.717) is 25.3 Å². The van der Waals surface area contributed by atoms with Crippen molar-refractivity contribution in [3.05, 3.63) is 51.9 Å². The zero-order valence-corrected chi connectivity index (χ0v) is 17.1. The van der Waals surface area contributed by atoms with E-state index in [4.69, 9.17) is 14.5 Å². The Hall–Kier alpha value is -2.16. The van der Waals surface area contributed by atoms with Gasteiger partial charge in [-0.15, -0.1) is 0 Å². The second-order valence-electron chi connectivity index (χ2n) is 6.25. The van der Waals surface area contributed by atoms with Crippen LogP contribution < -0.4 is 0 Å². The number of rotatable bonds is 6. The van der Waals surface area contributed by atoms with Gasteiger partial charge in [0.15, 0.2) is 0 Å². The molecule has 0 saturated carbocycles. The zero-order chi connectivity index (χ0) is 19.6. The number of allylic oxidation sites excluding steroid dienone is 3. The summed E-state index contributed by atoms with van der Waals surface area (Å²) in [6.07, 6.45) is 2.93. The van der Waals surface area contributed by atoms with E-state index in [2.05, 4.69) is 15.9 Å². The minimum absolute atomic E-state index is 0.391. The molecule has 0 amide bonds. The number of hydrogen-bond donors (Lipinski definition) is 1. The molecule has 1 aromatic heterocycles. The third-order valence-electron chi connectivity index (χ3n) is 4.51. The second kappa shape index (κ2) is 8.24. The summed E-state index contributed by atoms with van der Waals surface area (Å²) in [6.45, 7) is 3.45. The first-order chi connectivity index (χ1) is 12.9. The smallest absolute Gasteiger partial charge is 0.337 e. The quantitative estimate of drug-likeness (QED) is 0.702. The van der Waals surface area contributed by atoms with Gasteiger partial charge < -0.3 is 24.0 Å². The van der Waals surface area contributed by atoms with Gasteiger partial charge in [-0.2, -0.15) is 0 Å². The molecule has 3 rings (SSSR count). The number of aromatic nitrogens is 2. The molecule has 27 heavy (non-hydrogen) atoms. The topological polar surface area (TPSA) is 76.8 Å². The lowest BCUT2D eigenvalue weighted by atomic mass is 10.2. The molecule has 2 heterocycles. The van der Waals surface area contributed by atoms with Crippen molar-refractivity contribution < 1.29 is 19.4 Å². The third kappa shape index (κ3) is 4.07. The standard InChI is InChI=1S/C19H22BrN3O4/c1-12-8-14(20)10-18(24)23(12)11-17-21-15-5-4-13(19(25)27-3)9-16(15)22(17)6-7-26-2/h4-5,8-10,18,24H,6-7,11H2,1-3H3. The van der Waals surface area contributed by atoms with Gasteiger partial charge in [-0.3, -0.25) is 0 Å². The van der Waals surface area contributed by atoms with E-state index in [1.807, 2.05) is 22.5 Å². The first-order valence-corrected chi connectivity index (χ1v) is 9.30. The number of imidazole rings is 1. The molecule has 1 N–H and O–H groups in total. The lowest BCUT2D eigenvalue weighted by Crippen LogP contribution is -2.34. The number of nitrogens with zero attached hydrogens (tertiary/aromatic N) is 3. The number of esters is 1. The van der Waals surface area contributed by atoms with Gasteiger partial charge in [-0.05, 0) is 37.3 Å². The van der Waals surface area contributed by atoms with Crippen molar-refractivity contribution in [2.24, 2.45) is 0 Å². The Balaban J connectivity index is 2.01. The highest BCUT2D eigenvalue weighted by atomic mass is 79.9. The Morgan fingerprint density at radius 2 is 2.15 bits per heavy atom. The lowest BCUT2D eigenvalue weighted by Gasteiger charge is -2.31. The summed E-state index contributed by atoms with van der Waals surface area (Å²) in [6, 6.07) is 5.28. The molecule has 0 radical (unpaired) electrons. The van der Waals surface area contributed by atoms with Crippen LogP contribution in [-0.4, -0.2) is 52.6 Å². The Labute approximate surface area is 166 Å². The van der Waals surface area contributed by atoms with Crippen LogP contribution in [0.25, 0.3) is 11.0 Å². The molecule has 8 heteroatoms. The molecule has 1 aliphatic heterocycles. The Kier molecular flexibility index (Phi) is 5.98. The molecule has 0 saturated heterocycles. The van der Waals surface area contributed by atoms with Crippen LogP contribution in [0.2, 0.25) is 0 Å². The van der Waals surface area contributed by atoms with Crippen LogP contribution in [0.5, 0.6) is 0 Å². The molecule has 0 spiro atoms. The number of halogens is 1. The van der Waals surface area contributed by atoms with E-state index >= 15 is 0 Å². The number of benzene rings is 1. The van der Waals surface area contributed by atoms with Gasteiger partial charge in [0.2, 0.25) is 0 Å². The molecule has 144 valence electrons. The number of hydrogen-bond acceptors (Lipinski definition) is 6. The Morgan fingerprint density at radius 3 is 2.81 bits per heavy atom. The van der Waals surface area contributed by atoms with Crippen LogP contribution >= 0.6 is 15.9 Å². The highest BCUT2D eigenvalue weighted by Gasteiger charge is 2.22. The van der Waals surface area contributed by atoms with Crippen molar-refractivity contribution in [1.29, 1.82) is 0 Å². The van der Waals surface area contributed by atoms with Crippen LogP contribution in [0.3, 0.4) is 0 Å². The van der Waals surface area contributed by atoms with Gasteiger partial charge >= 0.3 is 5.97 Å². The van der Waals surface area contributed by atoms with E-state index in [-0.39, 0.29) is 0 Å². The highest BCUT2D eigenvalue weighted by Crippen LogP contribution is 2.26. The van der Waals surface area contributed by atoms with Gasteiger partial charge in [0, 0.05) is 23.8 Å². The number of ether oxygens (including phenoxy) is 2. The van der Waals surface area contributed by atoms with E-state index in [9.17, 15) is 9.90 Å². The van der Waals surface area contributed by atoms with E-state index < -0.39 is 12.2 Å². The Morgan fingerprint density at radius 1 is 1.37 bits per heavy atom. The fourth-order valence-electron chi connectivity index (χ4n) is 3.11. The molecular weight excluding hydrogens is 414 g/mol. The van der Waals surface area contributed by atoms with Gasteiger partial charge in [0.1, 0.15) is 12.1 Å². The summed E-state index contributed by atoms with van der Waals surface area (Å²) in [5.74, 6) is 0.389. The van der Waals surface area contributed by atoms with Gasteiger partial charge in [0.05, 0.1) is 36.9 Å². The van der Waals surface area contributed by atoms with E-state index in [1.165, 1.54) is 7.11 Å². The van der Waals surface area contributed by atoms with Crippen molar-refractivity contribution in [3.8, 4) is 0 Å². The van der Waals surface area contributed by atoms with E-state index in [1.54, 1.807) is 31.4 Å². The van der Waals surface area contributed by atoms with Crippen molar-refractivity contribution in [3.63, 3.8) is 0 Å². The summed E-state index contributed by atoms with van der Waals surface area (Å²) in [5.41, 5.74) is 3.00. The van der Waals surface area contributed by atoms with E-state index in [0.717, 1.165) is 27.0 Å². The lowest BCUT2D eigenvalue weighted by molar-refractivity contribution is 0.0582. The fraction of sp³-hybridized carbons (Fsp3) is 0.368. The molecule has 2 aromatic rings. The van der Waals surface area contributed by atoms with Crippen molar-refractivity contribution in [2.75, 3.05) is 20.8 Å². The van der Waals surface area contributed by atoms with Crippen LogP contribution in [0, 0.1) is 0 Å². The predicted molar refractivity (Wildman–Crippen MR) is 105 cm³/mol. The maximum Gasteiger partial charge on any atom is 0.337 e. The highest BCUT2D eigenvalue weighted by molar-refractivity contribution is 9.11. The SMILES string of the molecule is COCCn1c(CN2C(C)=CC(Br)=CC2O)nc2ccc(C(=O)OC)cc21. The van der Waals surface area contributed by atoms with Gasteiger partial charge in [-0.25, -0.2) is 9.78 Å². The van der Waals surface area contributed by atoms with Crippen LogP contribution in [-0.2, 0) is 22.6 Å². The van der Waals surface area contributed by atoms with Gasteiger partial charge in [-0.1, -0.05) is 15.9 Å². The molecular formula is C19H22BrN3O4. The minimum Gasteiger partial charge on any atom is -0.465 e. The average molecular weight is 436 g/mol. The van der Waals surface area contributed by atoms with Gasteiger partial charge in [0.25, 0.3) is 0 Å². The van der Waals surface area contributed by atoms with Crippen molar-refractivity contribution in [1.82, 2.24) is 14.5 Å². The molecule has 1 aromatic carbocycles. The summed E-state index contributed by atoms with van der Waals surface area (Å²) in [7, 11) is 3.00. The number of carbonyl (C=O) groups is 1. The molecule has 1 aliphatic rings. The first-order valence-electron chi connectivity index (χ1n) is 8.51. The first kappa shape index (κ1) is 19.6. The largest absolute Gasteiger partial charge is 0.465 e. The summed E-state index contributed by atoms with van der Waals surface area (Å²) in [4.78, 5) is 18.5. The third-order valence-corrected chi connectivity index (χ3v) is 5.00. The van der Waals surface area contributed by atoms with Crippen molar-refractivity contribution in [2.45, 2.75) is 26.2 Å². The number of carbonyl (C=O) groups excluding carboxylic acids is 1. The number of aliphatic hydroxyl groups excluding tert-OH is 1. The normalized spacial score (nSPS) is 17.1. The molecule has 0 fully saturated rings. The Bertz CT molecular complexity index is 919. The fourth-order valence-corrected chi connectivity index (χ4v) is 3.68. The molecule has 0 bridgehead atoms. The average Bonchev–Trinajstić information content (AvgIpc) is 2.98. The molecule has 7 nitrogen and oxygen atoms in total. The minimum atomic E-state index is -0.745. The van der Waals surface area contributed by atoms with Crippen LogP contribution in [0.15, 0.2) is 40.5 Å². The summed E-state index contributed by atoms with van der Waals surface area (Å²) < 4.78 is 12.9. The number of fused-ring (bicyclic) bond motifs is 1. The van der Waals surface area contributed by atoms with Crippen LogP contribution in [0.4, 0.5) is 0 Å². The van der Waals surface area contributed by atoms with Crippen LogP contribution in [0.1, 0.15) is 23.1 Å². The summed E-state index contributed by atoms with van der Waals surface area (Å²) >= 11 is 3.40. The maximum absolute atomic E-state index is 11.9. The molecule has 1 unspecified atom stereocenters. The second-order valence-corrected chi connectivity index (χ2v) is 7.16.